The topological polar surface area (TPSA) is 69.7 Å². The highest BCUT2D eigenvalue weighted by molar-refractivity contribution is 7.91. The van der Waals surface area contributed by atoms with Gasteiger partial charge in [-0.25, -0.2) is 8.42 Å². The highest BCUT2D eigenvalue weighted by atomic mass is 32.2. The monoisotopic (exact) mass is 377 g/mol. The van der Waals surface area contributed by atoms with Crippen LogP contribution in [0.4, 0.5) is 11.4 Å². The van der Waals surface area contributed by atoms with Gasteiger partial charge in [0.15, 0.2) is 9.84 Å². The van der Waals surface area contributed by atoms with Crippen LogP contribution in [0.1, 0.15) is 26.7 Å². The summed E-state index contributed by atoms with van der Waals surface area (Å²) >= 11 is 0. The van der Waals surface area contributed by atoms with Crippen LogP contribution >= 0.6 is 0 Å². The summed E-state index contributed by atoms with van der Waals surface area (Å²) in [5.41, 5.74) is 2.29. The van der Waals surface area contributed by atoms with Gasteiger partial charge in [-0.2, -0.15) is 0 Å². The Hall–Kier alpha value is -1.76. The molecule has 1 aromatic carbocycles. The third-order valence-electron chi connectivity index (χ3n) is 6.10. The molecule has 4 saturated heterocycles. The number of amides is 1. The van der Waals surface area contributed by atoms with E-state index >= 15 is 0 Å². The number of nitrogens with one attached hydrogen (secondary N) is 1. The second kappa shape index (κ2) is 6.15. The lowest BCUT2D eigenvalue weighted by Gasteiger charge is -2.48. The van der Waals surface area contributed by atoms with Crippen LogP contribution in [-0.2, 0) is 14.6 Å². The first kappa shape index (κ1) is 17.6. The molecule has 2 atom stereocenters. The summed E-state index contributed by atoms with van der Waals surface area (Å²) in [5.74, 6) is 0.610. The molecular formula is C19H27N3O3S. The fourth-order valence-corrected chi connectivity index (χ4v) is 5.88. The Bertz CT molecular complexity index is 790. The number of benzene rings is 1. The first-order valence-corrected chi connectivity index (χ1v) is 11.2. The van der Waals surface area contributed by atoms with Gasteiger partial charge in [-0.1, -0.05) is 13.8 Å². The van der Waals surface area contributed by atoms with Gasteiger partial charge >= 0.3 is 0 Å². The molecule has 4 aliphatic heterocycles. The maximum absolute atomic E-state index is 12.1. The molecular weight excluding hydrogens is 350 g/mol. The third-order valence-corrected chi connectivity index (χ3v) is 7.71. The Morgan fingerprint density at radius 3 is 2.35 bits per heavy atom. The van der Waals surface area contributed by atoms with Crippen LogP contribution in [-0.4, -0.2) is 57.5 Å². The molecule has 26 heavy (non-hydrogen) atoms. The number of anilines is 2. The van der Waals surface area contributed by atoms with E-state index in [4.69, 9.17) is 0 Å². The van der Waals surface area contributed by atoms with E-state index in [1.807, 2.05) is 0 Å². The molecule has 0 aromatic heterocycles. The minimum Gasteiger partial charge on any atom is -0.369 e. The molecule has 5 rings (SSSR count). The molecule has 4 heterocycles. The van der Waals surface area contributed by atoms with Crippen molar-refractivity contribution in [2.24, 2.45) is 5.41 Å². The molecule has 142 valence electrons. The number of rotatable bonds is 2. The highest BCUT2D eigenvalue weighted by Gasteiger charge is 2.45. The number of carbonyl (C=O) groups excluding carboxylic acids is 1. The zero-order valence-electron chi connectivity index (χ0n) is 15.4. The van der Waals surface area contributed by atoms with Crippen molar-refractivity contribution >= 4 is 27.1 Å². The predicted molar refractivity (Wildman–Crippen MR) is 103 cm³/mol. The second-order valence-electron chi connectivity index (χ2n) is 8.48. The van der Waals surface area contributed by atoms with E-state index in [2.05, 4.69) is 53.2 Å². The standard InChI is InChI=1S/C19H27N3O3S/c1-19(2)12-14-13-22(17(19)11-18(23)20-14)16-5-3-15(4-6-16)21-7-9-26(24,25)10-8-21/h3-6,14,17H,7-13H2,1-2H3,(H,20,23)/t14-,17+/m0/s1. The summed E-state index contributed by atoms with van der Waals surface area (Å²) in [6.45, 7) is 6.46. The van der Waals surface area contributed by atoms with Crippen molar-refractivity contribution in [1.29, 1.82) is 0 Å². The smallest absolute Gasteiger partial charge is 0.222 e. The van der Waals surface area contributed by atoms with Gasteiger partial charge < -0.3 is 15.1 Å². The second-order valence-corrected chi connectivity index (χ2v) is 10.8. The van der Waals surface area contributed by atoms with Crippen molar-refractivity contribution in [2.45, 2.75) is 38.8 Å². The Morgan fingerprint density at radius 2 is 1.69 bits per heavy atom. The van der Waals surface area contributed by atoms with Crippen molar-refractivity contribution in [3.8, 4) is 0 Å². The lowest BCUT2D eigenvalue weighted by atomic mass is 9.74. The molecule has 6 nitrogen and oxygen atoms in total. The first-order chi connectivity index (χ1) is 12.2. The normalized spacial score (nSPS) is 30.0. The van der Waals surface area contributed by atoms with Crippen molar-refractivity contribution in [3.05, 3.63) is 24.3 Å². The molecule has 4 fully saturated rings. The van der Waals surface area contributed by atoms with Gasteiger partial charge in [0.25, 0.3) is 0 Å². The SMILES string of the molecule is CC1(C)C[C@H]2CN(c3ccc(N4CCS(=O)(=O)CC4)cc3)[C@@H]1CC(=O)N2. The summed E-state index contributed by atoms with van der Waals surface area (Å²) in [4.78, 5) is 16.6. The lowest BCUT2D eigenvalue weighted by Crippen LogP contribution is -2.54. The van der Waals surface area contributed by atoms with E-state index in [9.17, 15) is 13.2 Å². The van der Waals surface area contributed by atoms with E-state index in [0.717, 1.165) is 24.3 Å². The van der Waals surface area contributed by atoms with Crippen LogP contribution in [0.2, 0.25) is 0 Å². The fraction of sp³-hybridized carbons (Fsp3) is 0.632. The number of carbonyl (C=O) groups is 1. The molecule has 0 unspecified atom stereocenters. The van der Waals surface area contributed by atoms with E-state index in [-0.39, 0.29) is 34.9 Å². The number of hydrogen-bond acceptors (Lipinski definition) is 5. The molecule has 4 aliphatic rings. The third kappa shape index (κ3) is 3.29. The summed E-state index contributed by atoms with van der Waals surface area (Å²) in [6, 6.07) is 8.78. The zero-order chi connectivity index (χ0) is 18.5. The molecule has 0 aliphatic carbocycles. The molecule has 2 bridgehead atoms. The summed E-state index contributed by atoms with van der Waals surface area (Å²) in [7, 11) is -2.87. The van der Waals surface area contributed by atoms with Gasteiger partial charge in [0.05, 0.1) is 11.5 Å². The molecule has 0 spiro atoms. The molecule has 1 aromatic rings. The van der Waals surface area contributed by atoms with Gasteiger partial charge in [-0.05, 0) is 36.1 Å². The number of piperidine rings is 1. The Labute approximate surface area is 155 Å². The molecule has 1 amide bonds. The summed E-state index contributed by atoms with van der Waals surface area (Å²) in [5, 5.41) is 3.15. The zero-order valence-corrected chi connectivity index (χ0v) is 16.3. The van der Waals surface area contributed by atoms with Gasteiger partial charge in [-0.15, -0.1) is 0 Å². The van der Waals surface area contributed by atoms with Crippen LogP contribution < -0.4 is 15.1 Å². The minimum absolute atomic E-state index is 0.0853. The number of hydrogen-bond donors (Lipinski definition) is 1. The predicted octanol–water partition coefficient (Wildman–Crippen LogP) is 1.41. The van der Waals surface area contributed by atoms with Crippen molar-refractivity contribution < 1.29 is 13.2 Å². The largest absolute Gasteiger partial charge is 0.369 e. The Morgan fingerprint density at radius 1 is 1.08 bits per heavy atom. The fourth-order valence-electron chi connectivity index (χ4n) is 4.68. The number of nitrogens with zero attached hydrogens (tertiary/aromatic N) is 2. The average Bonchev–Trinajstić information content (AvgIpc) is 2.79. The van der Waals surface area contributed by atoms with Crippen molar-refractivity contribution in [3.63, 3.8) is 0 Å². The molecule has 7 heteroatoms. The summed E-state index contributed by atoms with van der Waals surface area (Å²) in [6.07, 6.45) is 1.55. The van der Waals surface area contributed by atoms with Gasteiger partial charge in [0.2, 0.25) is 5.91 Å². The van der Waals surface area contributed by atoms with Crippen molar-refractivity contribution in [1.82, 2.24) is 5.32 Å². The van der Waals surface area contributed by atoms with Crippen molar-refractivity contribution in [2.75, 3.05) is 40.9 Å². The van der Waals surface area contributed by atoms with E-state index < -0.39 is 9.84 Å². The quantitative estimate of drug-likeness (QED) is 0.844. The minimum atomic E-state index is -2.87. The van der Waals surface area contributed by atoms with E-state index in [1.54, 1.807) is 0 Å². The van der Waals surface area contributed by atoms with Crippen LogP contribution in [0, 0.1) is 5.41 Å². The lowest BCUT2D eigenvalue weighted by molar-refractivity contribution is -0.121. The maximum atomic E-state index is 12.1. The number of fused-ring (bicyclic) bond motifs is 4. The maximum Gasteiger partial charge on any atom is 0.222 e. The van der Waals surface area contributed by atoms with Gasteiger partial charge in [0, 0.05) is 49.5 Å². The first-order valence-electron chi connectivity index (χ1n) is 9.35. The van der Waals surface area contributed by atoms with Crippen LogP contribution in [0.25, 0.3) is 0 Å². The molecule has 0 saturated carbocycles. The van der Waals surface area contributed by atoms with E-state index in [0.29, 0.717) is 19.5 Å². The highest BCUT2D eigenvalue weighted by Crippen LogP contribution is 2.41. The Balaban J connectivity index is 1.54. The average molecular weight is 378 g/mol. The molecule has 0 radical (unpaired) electrons. The Kier molecular flexibility index (Phi) is 4.17. The van der Waals surface area contributed by atoms with E-state index in [1.165, 1.54) is 0 Å². The summed E-state index contributed by atoms with van der Waals surface area (Å²) < 4.78 is 23.2. The van der Waals surface area contributed by atoms with Crippen LogP contribution in [0.3, 0.4) is 0 Å². The number of sulfone groups is 1. The molecule has 1 N–H and O–H groups in total. The van der Waals surface area contributed by atoms with Crippen LogP contribution in [0.15, 0.2) is 24.3 Å². The van der Waals surface area contributed by atoms with Gasteiger partial charge in [0.1, 0.15) is 0 Å². The van der Waals surface area contributed by atoms with Crippen LogP contribution in [0.5, 0.6) is 0 Å². The van der Waals surface area contributed by atoms with Gasteiger partial charge in [-0.3, -0.25) is 4.79 Å².